The molecule has 168 valence electrons. The van der Waals surface area contributed by atoms with Gasteiger partial charge in [0.2, 0.25) is 0 Å². The maximum absolute atomic E-state index is 15.5. The number of phenolic OH excluding ortho intramolecular Hbond substituents is 1. The zero-order valence-electron chi connectivity index (χ0n) is 18.7. The van der Waals surface area contributed by atoms with Crippen LogP contribution in [0.1, 0.15) is 32.6 Å². The van der Waals surface area contributed by atoms with Crippen LogP contribution in [0.2, 0.25) is 0 Å². The molecule has 2 bridgehead atoms. The molecule has 0 radical (unpaired) electrons. The summed E-state index contributed by atoms with van der Waals surface area (Å²) < 4.78 is 17.3. The summed E-state index contributed by atoms with van der Waals surface area (Å²) in [6, 6.07) is 8.78. The zero-order chi connectivity index (χ0) is 22.5. The topological polar surface area (TPSA) is 70.3 Å². The number of benzene rings is 1. The van der Waals surface area contributed by atoms with Gasteiger partial charge in [0.1, 0.15) is 11.9 Å². The third kappa shape index (κ3) is 3.43. The molecule has 5 rings (SSSR count). The van der Waals surface area contributed by atoms with Crippen LogP contribution in [0.25, 0.3) is 16.9 Å². The van der Waals surface area contributed by atoms with Gasteiger partial charge in [-0.05, 0) is 63.9 Å². The van der Waals surface area contributed by atoms with E-state index in [0.29, 0.717) is 17.1 Å². The minimum absolute atomic E-state index is 0.0145. The van der Waals surface area contributed by atoms with E-state index in [1.807, 2.05) is 47.0 Å². The second-order valence-electron chi connectivity index (χ2n) is 9.34. The van der Waals surface area contributed by atoms with Gasteiger partial charge >= 0.3 is 0 Å². The van der Waals surface area contributed by atoms with Crippen molar-refractivity contribution in [2.45, 2.75) is 56.4 Å². The monoisotopic (exact) mass is 436 g/mol. The van der Waals surface area contributed by atoms with Gasteiger partial charge in [-0.2, -0.15) is 0 Å². The average molecular weight is 437 g/mol. The van der Waals surface area contributed by atoms with Crippen LogP contribution in [0, 0.1) is 0 Å². The number of nitrogens with zero attached hydrogens (tertiary/aromatic N) is 6. The number of fused-ring (bicyclic) bond motifs is 2. The Hall–Kier alpha value is -3.00. The summed E-state index contributed by atoms with van der Waals surface area (Å²) in [7, 11) is 3.97. The molecule has 3 aromatic rings. The molecular weight excluding hydrogens is 407 g/mol. The third-order valence-corrected chi connectivity index (χ3v) is 7.52. The molecule has 1 N–H and O–H groups in total. The summed E-state index contributed by atoms with van der Waals surface area (Å²) in [5.41, 5.74) is 1.99. The number of aromatic hydroxyl groups is 1. The Bertz CT molecular complexity index is 1090. The van der Waals surface area contributed by atoms with E-state index < -0.39 is 6.17 Å². The Kier molecular flexibility index (Phi) is 5.12. The highest BCUT2D eigenvalue weighted by Crippen LogP contribution is 2.43. The Labute approximate surface area is 187 Å². The number of anilines is 1. The number of rotatable bonds is 4. The van der Waals surface area contributed by atoms with Crippen LogP contribution in [-0.2, 0) is 0 Å². The van der Waals surface area contributed by atoms with E-state index in [1.54, 1.807) is 18.6 Å². The first-order chi connectivity index (χ1) is 15.4. The number of hydrogen-bond acceptors (Lipinski definition) is 6. The predicted molar refractivity (Wildman–Crippen MR) is 122 cm³/mol. The molecule has 8 heteroatoms. The van der Waals surface area contributed by atoms with Crippen molar-refractivity contribution >= 4 is 5.82 Å². The summed E-state index contributed by atoms with van der Waals surface area (Å²) in [6.07, 6.45) is 8.08. The number of halogens is 1. The lowest BCUT2D eigenvalue weighted by Crippen LogP contribution is -2.67. The van der Waals surface area contributed by atoms with Crippen molar-refractivity contribution in [1.29, 1.82) is 0 Å². The van der Waals surface area contributed by atoms with Gasteiger partial charge < -0.3 is 14.6 Å². The lowest BCUT2D eigenvalue weighted by Gasteiger charge is -2.56. The molecule has 2 saturated heterocycles. The molecule has 1 aromatic carbocycles. The quantitative estimate of drug-likeness (QED) is 0.670. The van der Waals surface area contributed by atoms with E-state index >= 15 is 4.39 Å². The van der Waals surface area contributed by atoms with Crippen molar-refractivity contribution in [2.24, 2.45) is 0 Å². The standard InChI is InChI=1S/C24H29FN6O/c1-24-10-4-5-19(30(24)3)23(25)20(14-24)29(2)22-9-8-18(27-28-22)17-7-6-16(13-21(17)32)31-12-11-26-15-31/h6-9,11-13,15,19-20,23,32H,4-5,10,14H2,1-3H3/t19-,20+,23-,24+/m0/s1. The van der Waals surface area contributed by atoms with Crippen LogP contribution in [0.3, 0.4) is 0 Å². The van der Waals surface area contributed by atoms with E-state index in [0.717, 1.165) is 31.4 Å². The molecule has 2 aliphatic rings. The van der Waals surface area contributed by atoms with Crippen LogP contribution in [0.15, 0.2) is 49.1 Å². The minimum Gasteiger partial charge on any atom is -0.507 e. The molecule has 0 unspecified atom stereocenters. The Balaban J connectivity index is 1.37. The highest BCUT2D eigenvalue weighted by molar-refractivity contribution is 5.69. The molecule has 0 spiro atoms. The molecule has 0 aliphatic carbocycles. The fraction of sp³-hybridized carbons (Fsp3) is 0.458. The minimum atomic E-state index is -0.931. The van der Waals surface area contributed by atoms with Crippen molar-refractivity contribution in [1.82, 2.24) is 24.6 Å². The summed E-state index contributed by atoms with van der Waals surface area (Å²) in [4.78, 5) is 8.21. The molecule has 0 amide bonds. The number of alkyl halides is 1. The van der Waals surface area contributed by atoms with Crippen LogP contribution < -0.4 is 4.90 Å². The molecule has 7 nitrogen and oxygen atoms in total. The van der Waals surface area contributed by atoms with Gasteiger partial charge in [-0.15, -0.1) is 10.2 Å². The molecule has 2 aromatic heterocycles. The van der Waals surface area contributed by atoms with Gasteiger partial charge in [0.05, 0.1) is 23.8 Å². The van der Waals surface area contributed by atoms with Crippen molar-refractivity contribution in [3.63, 3.8) is 0 Å². The van der Waals surface area contributed by atoms with Crippen molar-refractivity contribution in [2.75, 3.05) is 19.0 Å². The zero-order valence-corrected chi connectivity index (χ0v) is 18.7. The largest absolute Gasteiger partial charge is 0.507 e. The number of imidazole rings is 1. The number of phenols is 1. The molecule has 0 saturated carbocycles. The van der Waals surface area contributed by atoms with E-state index in [4.69, 9.17) is 0 Å². The molecular formula is C24H29FN6O. The number of piperidine rings is 2. The normalized spacial score (nSPS) is 27.9. The van der Waals surface area contributed by atoms with E-state index in [9.17, 15) is 5.11 Å². The van der Waals surface area contributed by atoms with Gasteiger partial charge in [-0.1, -0.05) is 0 Å². The van der Waals surface area contributed by atoms with Gasteiger partial charge in [0.25, 0.3) is 0 Å². The first-order valence-electron chi connectivity index (χ1n) is 11.1. The highest BCUT2D eigenvalue weighted by atomic mass is 19.1. The molecule has 2 aliphatic heterocycles. The predicted octanol–water partition coefficient (Wildman–Crippen LogP) is 3.82. The van der Waals surface area contributed by atoms with E-state index in [1.165, 1.54) is 0 Å². The van der Waals surface area contributed by atoms with Gasteiger partial charge in [-0.3, -0.25) is 4.90 Å². The number of aromatic nitrogens is 4. The SMILES string of the molecule is CN(c1ccc(-c2ccc(-n3ccnc3)cc2O)nn1)[C@@H]1C[C@@]2(C)CCC[C@@H]([C@@H]1F)N2C. The van der Waals surface area contributed by atoms with Crippen molar-refractivity contribution < 1.29 is 9.50 Å². The van der Waals surface area contributed by atoms with E-state index in [2.05, 4.69) is 34.1 Å². The summed E-state index contributed by atoms with van der Waals surface area (Å²) in [5.74, 6) is 0.758. The second-order valence-corrected chi connectivity index (χ2v) is 9.34. The van der Waals surface area contributed by atoms with E-state index in [-0.39, 0.29) is 23.4 Å². The second kappa shape index (κ2) is 7.85. The maximum Gasteiger partial charge on any atom is 0.151 e. The first kappa shape index (κ1) is 20.9. The van der Waals surface area contributed by atoms with Gasteiger partial charge in [0, 0.05) is 42.7 Å². The van der Waals surface area contributed by atoms with Crippen molar-refractivity contribution in [3.05, 3.63) is 49.1 Å². The summed E-state index contributed by atoms with van der Waals surface area (Å²) >= 11 is 0. The lowest BCUT2D eigenvalue weighted by molar-refractivity contribution is -0.0600. The fourth-order valence-corrected chi connectivity index (χ4v) is 5.39. The molecule has 32 heavy (non-hydrogen) atoms. The van der Waals surface area contributed by atoms with Crippen LogP contribution in [0.5, 0.6) is 5.75 Å². The van der Waals surface area contributed by atoms with Crippen LogP contribution in [-0.4, -0.2) is 67.6 Å². The number of hydrogen-bond donors (Lipinski definition) is 1. The maximum atomic E-state index is 15.5. The molecule has 4 heterocycles. The third-order valence-electron chi connectivity index (χ3n) is 7.52. The summed E-state index contributed by atoms with van der Waals surface area (Å²) in [6.45, 7) is 2.25. The Morgan fingerprint density at radius 1 is 1.22 bits per heavy atom. The Morgan fingerprint density at radius 3 is 2.75 bits per heavy atom. The van der Waals surface area contributed by atoms with Crippen LogP contribution >= 0.6 is 0 Å². The average Bonchev–Trinajstić information content (AvgIpc) is 3.33. The fourth-order valence-electron chi connectivity index (χ4n) is 5.39. The highest BCUT2D eigenvalue weighted by Gasteiger charge is 2.51. The molecule has 4 atom stereocenters. The van der Waals surface area contributed by atoms with Crippen molar-refractivity contribution in [3.8, 4) is 22.7 Å². The van der Waals surface area contributed by atoms with Crippen LogP contribution in [0.4, 0.5) is 10.2 Å². The van der Waals surface area contributed by atoms with Gasteiger partial charge in [0.15, 0.2) is 5.82 Å². The smallest absolute Gasteiger partial charge is 0.151 e. The Morgan fingerprint density at radius 2 is 2.06 bits per heavy atom. The lowest BCUT2D eigenvalue weighted by atomic mass is 9.72. The molecule has 2 fully saturated rings. The first-order valence-corrected chi connectivity index (χ1v) is 11.1. The van der Waals surface area contributed by atoms with Gasteiger partial charge in [-0.25, -0.2) is 9.37 Å². The summed E-state index contributed by atoms with van der Waals surface area (Å²) in [5, 5.41) is 19.3.